The summed E-state index contributed by atoms with van der Waals surface area (Å²) in [6.45, 7) is 7.87. The highest BCUT2D eigenvalue weighted by Gasteiger charge is 2.16. The number of hydrogen-bond donors (Lipinski definition) is 0. The predicted octanol–water partition coefficient (Wildman–Crippen LogP) is 3.47. The molecule has 0 aliphatic heterocycles. The molecule has 1 aromatic heterocycles. The van der Waals surface area contributed by atoms with E-state index in [0.717, 1.165) is 17.5 Å². The maximum absolute atomic E-state index is 12.8. The van der Waals surface area contributed by atoms with Crippen LogP contribution in [0.4, 0.5) is 0 Å². The number of imidazole rings is 1. The van der Waals surface area contributed by atoms with Crippen LogP contribution < -0.4 is 5.69 Å². The summed E-state index contributed by atoms with van der Waals surface area (Å²) in [5.74, 6) is 0.0380. The van der Waals surface area contributed by atoms with Crippen LogP contribution in [0, 0.1) is 0 Å². The normalized spacial score (nSPS) is 10.9. The fraction of sp³-hybridized carbons (Fsp3) is 0.304. The van der Waals surface area contributed by atoms with E-state index in [2.05, 4.69) is 18.7 Å². The third-order valence-corrected chi connectivity index (χ3v) is 5.01. The monoisotopic (exact) mass is 377 g/mol. The van der Waals surface area contributed by atoms with E-state index in [1.54, 1.807) is 15.2 Å². The van der Waals surface area contributed by atoms with Crippen molar-refractivity contribution in [2.75, 3.05) is 13.1 Å². The average Bonchev–Trinajstić information content (AvgIpc) is 3.00. The van der Waals surface area contributed by atoms with Crippen LogP contribution >= 0.6 is 0 Å². The lowest BCUT2D eigenvalue weighted by molar-refractivity contribution is -0.130. The zero-order chi connectivity index (χ0) is 19.9. The van der Waals surface area contributed by atoms with Crippen LogP contribution in [-0.2, 0) is 24.3 Å². The summed E-state index contributed by atoms with van der Waals surface area (Å²) in [6.07, 6.45) is 2.84. The van der Waals surface area contributed by atoms with Crippen molar-refractivity contribution < 1.29 is 4.79 Å². The van der Waals surface area contributed by atoms with Crippen LogP contribution in [0.15, 0.2) is 72.0 Å². The van der Waals surface area contributed by atoms with E-state index in [1.807, 2.05) is 54.3 Å². The number of hydrogen-bond acceptors (Lipinski definition) is 2. The van der Waals surface area contributed by atoms with Gasteiger partial charge in [-0.3, -0.25) is 13.9 Å². The Morgan fingerprint density at radius 1 is 1.04 bits per heavy atom. The Morgan fingerprint density at radius 2 is 1.68 bits per heavy atom. The molecule has 2 aromatic carbocycles. The standard InChI is InChI=1S/C23H27N3O2/c1-3-16-24(17-14-19-10-6-5-7-11-19)22(27)15-18-26-21-13-9-8-12-20(21)25(4-2)23(26)28/h3,5-13H,1,4,14-18H2,2H3. The first-order valence-electron chi connectivity index (χ1n) is 9.76. The third-order valence-electron chi connectivity index (χ3n) is 5.01. The number of fused-ring (bicyclic) bond motifs is 1. The van der Waals surface area contributed by atoms with E-state index >= 15 is 0 Å². The van der Waals surface area contributed by atoms with Crippen molar-refractivity contribution >= 4 is 16.9 Å². The van der Waals surface area contributed by atoms with E-state index in [1.165, 1.54) is 5.56 Å². The van der Waals surface area contributed by atoms with Crippen LogP contribution in [0.2, 0.25) is 0 Å². The molecule has 3 aromatic rings. The molecule has 0 spiro atoms. The van der Waals surface area contributed by atoms with Crippen LogP contribution in [-0.4, -0.2) is 33.0 Å². The van der Waals surface area contributed by atoms with Gasteiger partial charge in [0, 0.05) is 32.6 Å². The Morgan fingerprint density at radius 3 is 2.32 bits per heavy atom. The van der Waals surface area contributed by atoms with E-state index in [4.69, 9.17) is 0 Å². The Balaban J connectivity index is 1.71. The van der Waals surface area contributed by atoms with Gasteiger partial charge in [0.05, 0.1) is 11.0 Å². The van der Waals surface area contributed by atoms with Gasteiger partial charge in [-0.15, -0.1) is 6.58 Å². The molecule has 0 aliphatic rings. The van der Waals surface area contributed by atoms with E-state index in [9.17, 15) is 9.59 Å². The molecule has 0 N–H and O–H groups in total. The van der Waals surface area contributed by atoms with Gasteiger partial charge in [0.2, 0.25) is 5.91 Å². The van der Waals surface area contributed by atoms with Gasteiger partial charge in [-0.25, -0.2) is 4.79 Å². The predicted molar refractivity (Wildman–Crippen MR) is 113 cm³/mol. The molecule has 5 heteroatoms. The molecule has 5 nitrogen and oxygen atoms in total. The molecule has 3 rings (SSSR count). The second-order valence-electron chi connectivity index (χ2n) is 6.78. The summed E-state index contributed by atoms with van der Waals surface area (Å²) in [4.78, 5) is 27.3. The number of carbonyl (C=O) groups is 1. The third kappa shape index (κ3) is 4.25. The molecule has 0 aliphatic carbocycles. The SMILES string of the molecule is C=CCN(CCc1ccccc1)C(=O)CCn1c(=O)n(CC)c2ccccc21. The fourth-order valence-corrected chi connectivity index (χ4v) is 3.54. The Kier molecular flexibility index (Phi) is 6.48. The van der Waals surface area contributed by atoms with Gasteiger partial charge in [0.15, 0.2) is 0 Å². The van der Waals surface area contributed by atoms with Crippen molar-refractivity contribution in [3.05, 3.63) is 83.3 Å². The summed E-state index contributed by atoms with van der Waals surface area (Å²) >= 11 is 0. The summed E-state index contributed by atoms with van der Waals surface area (Å²) in [6, 6.07) is 17.9. The molecule has 146 valence electrons. The second-order valence-corrected chi connectivity index (χ2v) is 6.78. The van der Waals surface area contributed by atoms with Crippen molar-refractivity contribution in [1.82, 2.24) is 14.0 Å². The highest BCUT2D eigenvalue weighted by molar-refractivity contribution is 5.78. The maximum Gasteiger partial charge on any atom is 0.329 e. The summed E-state index contributed by atoms with van der Waals surface area (Å²) in [5, 5.41) is 0. The summed E-state index contributed by atoms with van der Waals surface area (Å²) in [5.41, 5.74) is 2.93. The van der Waals surface area contributed by atoms with Crippen LogP contribution in [0.1, 0.15) is 18.9 Å². The number of aromatic nitrogens is 2. The first-order valence-corrected chi connectivity index (χ1v) is 9.76. The fourth-order valence-electron chi connectivity index (χ4n) is 3.54. The van der Waals surface area contributed by atoms with Crippen molar-refractivity contribution in [2.45, 2.75) is 32.9 Å². The number of rotatable bonds is 9. The molecule has 0 fully saturated rings. The smallest absolute Gasteiger partial charge is 0.329 e. The van der Waals surface area contributed by atoms with Gasteiger partial charge >= 0.3 is 5.69 Å². The number of aryl methyl sites for hydroxylation is 2. The van der Waals surface area contributed by atoms with Gasteiger partial charge in [-0.05, 0) is 31.0 Å². The van der Waals surface area contributed by atoms with Crippen molar-refractivity contribution in [1.29, 1.82) is 0 Å². The average molecular weight is 377 g/mol. The molecule has 0 unspecified atom stereocenters. The first kappa shape index (κ1) is 19.7. The zero-order valence-electron chi connectivity index (χ0n) is 16.4. The van der Waals surface area contributed by atoms with Crippen molar-refractivity contribution in [2.24, 2.45) is 0 Å². The van der Waals surface area contributed by atoms with Gasteiger partial charge in [0.1, 0.15) is 0 Å². The summed E-state index contributed by atoms with van der Waals surface area (Å²) in [7, 11) is 0. The number of amides is 1. The number of nitrogens with zero attached hydrogens (tertiary/aromatic N) is 3. The van der Waals surface area contributed by atoms with Gasteiger partial charge in [-0.2, -0.15) is 0 Å². The number of benzene rings is 2. The summed E-state index contributed by atoms with van der Waals surface area (Å²) < 4.78 is 3.46. The van der Waals surface area contributed by atoms with Crippen LogP contribution in [0.3, 0.4) is 0 Å². The van der Waals surface area contributed by atoms with Crippen molar-refractivity contribution in [3.63, 3.8) is 0 Å². The van der Waals surface area contributed by atoms with Crippen molar-refractivity contribution in [3.8, 4) is 0 Å². The maximum atomic E-state index is 12.8. The van der Waals surface area contributed by atoms with Gasteiger partial charge < -0.3 is 4.90 Å². The van der Waals surface area contributed by atoms with Crippen LogP contribution in [0.25, 0.3) is 11.0 Å². The topological polar surface area (TPSA) is 47.2 Å². The number of carbonyl (C=O) groups excluding carboxylic acids is 1. The van der Waals surface area contributed by atoms with E-state index in [0.29, 0.717) is 32.6 Å². The molecule has 0 saturated carbocycles. The largest absolute Gasteiger partial charge is 0.339 e. The highest BCUT2D eigenvalue weighted by atomic mass is 16.2. The molecular formula is C23H27N3O2. The first-order chi connectivity index (χ1) is 13.7. The Labute approximate surface area is 165 Å². The molecule has 28 heavy (non-hydrogen) atoms. The quantitative estimate of drug-likeness (QED) is 0.536. The zero-order valence-corrected chi connectivity index (χ0v) is 16.4. The van der Waals surface area contributed by atoms with E-state index < -0.39 is 0 Å². The molecule has 1 amide bonds. The van der Waals surface area contributed by atoms with Crippen LogP contribution in [0.5, 0.6) is 0 Å². The minimum Gasteiger partial charge on any atom is -0.339 e. The Bertz CT molecular complexity index is 1000. The molecule has 0 atom stereocenters. The molecule has 0 saturated heterocycles. The minimum atomic E-state index is -0.0592. The number of para-hydroxylation sites is 2. The molecular weight excluding hydrogens is 350 g/mol. The molecule has 1 heterocycles. The Hall–Kier alpha value is -3.08. The van der Waals surface area contributed by atoms with E-state index in [-0.39, 0.29) is 11.6 Å². The lowest BCUT2D eigenvalue weighted by Gasteiger charge is -2.21. The minimum absolute atomic E-state index is 0.0380. The highest BCUT2D eigenvalue weighted by Crippen LogP contribution is 2.13. The molecule has 0 bridgehead atoms. The second kappa shape index (κ2) is 9.22. The lowest BCUT2D eigenvalue weighted by Crippen LogP contribution is -2.34. The van der Waals surface area contributed by atoms with Gasteiger partial charge in [0.25, 0.3) is 0 Å². The lowest BCUT2D eigenvalue weighted by atomic mass is 10.1. The molecule has 0 radical (unpaired) electrons. The van der Waals surface area contributed by atoms with Gasteiger partial charge in [-0.1, -0.05) is 48.5 Å².